The van der Waals surface area contributed by atoms with Gasteiger partial charge in [0.25, 0.3) is 0 Å². The van der Waals surface area contributed by atoms with Gasteiger partial charge >= 0.3 is 0 Å². The van der Waals surface area contributed by atoms with E-state index in [9.17, 15) is 0 Å². The lowest BCUT2D eigenvalue weighted by Crippen LogP contribution is -2.18. The van der Waals surface area contributed by atoms with Gasteiger partial charge < -0.3 is 14.2 Å². The van der Waals surface area contributed by atoms with Crippen molar-refractivity contribution in [3.63, 3.8) is 0 Å². The van der Waals surface area contributed by atoms with E-state index in [0.29, 0.717) is 19.1 Å². The Labute approximate surface area is 195 Å². The molecule has 0 aromatic heterocycles. The van der Waals surface area contributed by atoms with Crippen molar-refractivity contribution in [3.8, 4) is 11.5 Å². The maximum absolute atomic E-state index is 5.84. The van der Waals surface area contributed by atoms with Crippen LogP contribution in [0.5, 0.6) is 11.5 Å². The van der Waals surface area contributed by atoms with Crippen molar-refractivity contribution < 1.29 is 14.2 Å². The van der Waals surface area contributed by atoms with Gasteiger partial charge in [0.05, 0.1) is 13.2 Å². The van der Waals surface area contributed by atoms with Gasteiger partial charge in [0.1, 0.15) is 11.5 Å². The lowest BCUT2D eigenvalue weighted by Gasteiger charge is -2.26. The van der Waals surface area contributed by atoms with Crippen LogP contribution in [0, 0.1) is 0 Å². The van der Waals surface area contributed by atoms with Gasteiger partial charge in [-0.3, -0.25) is 0 Å². The topological polar surface area (TPSA) is 27.7 Å². The van der Waals surface area contributed by atoms with Crippen LogP contribution in [0.2, 0.25) is 0 Å². The number of halogens is 1. The standard InChI is InChI=1S/C25H35ClO3.C2H6/c1-4-5-17-27-18-7-20-29-24-14-10-22(11-15-24)25(2,3)21-8-12-23(13-9-21)28-19-6-16-26;1-2/h8-15H,4-7,16-20H2,1-3H3;1-2H3. The molecule has 4 heteroatoms. The first-order chi connectivity index (χ1) is 15.1. The Morgan fingerprint density at radius 3 is 1.58 bits per heavy atom. The predicted molar refractivity (Wildman–Crippen MR) is 133 cm³/mol. The van der Waals surface area contributed by atoms with Crippen LogP contribution >= 0.6 is 11.6 Å². The van der Waals surface area contributed by atoms with E-state index >= 15 is 0 Å². The molecule has 0 spiro atoms. The fourth-order valence-electron chi connectivity index (χ4n) is 3.05. The lowest BCUT2D eigenvalue weighted by molar-refractivity contribution is 0.117. The van der Waals surface area contributed by atoms with Crippen molar-refractivity contribution in [2.75, 3.05) is 32.3 Å². The Kier molecular flexibility index (Phi) is 14.1. The normalized spacial score (nSPS) is 10.9. The summed E-state index contributed by atoms with van der Waals surface area (Å²) in [6.45, 7) is 13.6. The molecule has 0 fully saturated rings. The number of hydrogen-bond donors (Lipinski definition) is 0. The average Bonchev–Trinajstić information content (AvgIpc) is 2.81. The second kappa shape index (κ2) is 16.0. The molecule has 0 aliphatic carbocycles. The Balaban J connectivity index is 0.00000233. The van der Waals surface area contributed by atoms with Crippen molar-refractivity contribution in [1.29, 1.82) is 0 Å². The van der Waals surface area contributed by atoms with Gasteiger partial charge in [-0.25, -0.2) is 0 Å². The van der Waals surface area contributed by atoms with Crippen LogP contribution in [-0.2, 0) is 10.2 Å². The summed E-state index contributed by atoms with van der Waals surface area (Å²) in [6.07, 6.45) is 4.07. The highest BCUT2D eigenvalue weighted by Gasteiger charge is 2.23. The van der Waals surface area contributed by atoms with E-state index in [1.54, 1.807) is 0 Å². The van der Waals surface area contributed by atoms with Gasteiger partial charge in [-0.15, -0.1) is 11.6 Å². The van der Waals surface area contributed by atoms with Crippen LogP contribution in [0.25, 0.3) is 0 Å². The summed E-state index contributed by atoms with van der Waals surface area (Å²) in [5.74, 6) is 2.41. The molecule has 3 nitrogen and oxygen atoms in total. The van der Waals surface area contributed by atoms with Crippen LogP contribution in [0.15, 0.2) is 48.5 Å². The van der Waals surface area contributed by atoms with E-state index in [0.717, 1.165) is 44.0 Å². The molecule has 2 rings (SSSR count). The molecule has 0 atom stereocenters. The number of ether oxygens (including phenoxy) is 3. The molecule has 31 heavy (non-hydrogen) atoms. The van der Waals surface area contributed by atoms with Gasteiger partial charge in [0, 0.05) is 30.9 Å². The van der Waals surface area contributed by atoms with E-state index in [-0.39, 0.29) is 5.41 Å². The maximum Gasteiger partial charge on any atom is 0.119 e. The number of rotatable bonds is 14. The predicted octanol–water partition coefficient (Wildman–Crippen LogP) is 7.63. The number of benzene rings is 2. The van der Waals surface area contributed by atoms with Crippen LogP contribution in [0.1, 0.15) is 71.4 Å². The molecule has 0 aliphatic rings. The van der Waals surface area contributed by atoms with E-state index in [4.69, 9.17) is 25.8 Å². The van der Waals surface area contributed by atoms with Gasteiger partial charge in [0.15, 0.2) is 0 Å². The maximum atomic E-state index is 5.84. The van der Waals surface area contributed by atoms with E-state index < -0.39 is 0 Å². The van der Waals surface area contributed by atoms with Crippen molar-refractivity contribution in [2.45, 2.75) is 65.7 Å². The van der Waals surface area contributed by atoms with Gasteiger partial charge in [-0.05, 0) is 48.2 Å². The first kappa shape index (κ1) is 27.3. The first-order valence-corrected chi connectivity index (χ1v) is 12.2. The molecule has 174 valence electrons. The van der Waals surface area contributed by atoms with E-state index in [2.05, 4.69) is 57.2 Å². The van der Waals surface area contributed by atoms with E-state index in [1.807, 2.05) is 26.0 Å². The number of unbranched alkanes of at least 4 members (excludes halogenated alkanes) is 1. The molecule has 0 unspecified atom stereocenters. The molecule has 0 radical (unpaired) electrons. The highest BCUT2D eigenvalue weighted by atomic mass is 35.5. The summed E-state index contributed by atoms with van der Waals surface area (Å²) >= 11 is 5.70. The highest BCUT2D eigenvalue weighted by molar-refractivity contribution is 6.17. The third kappa shape index (κ3) is 9.97. The Morgan fingerprint density at radius 1 is 0.677 bits per heavy atom. The summed E-state index contributed by atoms with van der Waals surface area (Å²) in [5.41, 5.74) is 2.41. The minimum Gasteiger partial charge on any atom is -0.494 e. The highest BCUT2D eigenvalue weighted by Crippen LogP contribution is 2.33. The molecule has 2 aromatic carbocycles. The zero-order valence-electron chi connectivity index (χ0n) is 20.1. The largest absolute Gasteiger partial charge is 0.494 e. The third-order valence-corrected chi connectivity index (χ3v) is 5.31. The smallest absolute Gasteiger partial charge is 0.119 e. The average molecular weight is 449 g/mol. The molecule has 2 aromatic rings. The third-order valence-electron chi connectivity index (χ3n) is 5.04. The Hall–Kier alpha value is -1.71. The summed E-state index contributed by atoms with van der Waals surface area (Å²) in [4.78, 5) is 0. The molecular weight excluding hydrogens is 408 g/mol. The van der Waals surface area contributed by atoms with Crippen molar-refractivity contribution in [2.24, 2.45) is 0 Å². The molecule has 0 bridgehead atoms. The van der Waals surface area contributed by atoms with Crippen molar-refractivity contribution in [1.82, 2.24) is 0 Å². The van der Waals surface area contributed by atoms with Crippen molar-refractivity contribution in [3.05, 3.63) is 59.7 Å². The summed E-state index contributed by atoms with van der Waals surface area (Å²) in [6, 6.07) is 16.8. The lowest BCUT2D eigenvalue weighted by atomic mass is 9.78. The quantitative estimate of drug-likeness (QED) is 0.219. The van der Waals surface area contributed by atoms with Crippen molar-refractivity contribution >= 4 is 11.6 Å². The fourth-order valence-corrected chi connectivity index (χ4v) is 3.16. The second-order valence-electron chi connectivity index (χ2n) is 7.73. The Bertz CT molecular complexity index is 681. The summed E-state index contributed by atoms with van der Waals surface area (Å²) in [5, 5.41) is 0. The van der Waals surface area contributed by atoms with Crippen LogP contribution in [-0.4, -0.2) is 32.3 Å². The summed E-state index contributed by atoms with van der Waals surface area (Å²) in [7, 11) is 0. The van der Waals surface area contributed by atoms with Gasteiger partial charge in [0.2, 0.25) is 0 Å². The van der Waals surface area contributed by atoms with Gasteiger partial charge in [-0.2, -0.15) is 0 Å². The molecule has 0 N–H and O–H groups in total. The molecule has 0 saturated carbocycles. The molecule has 0 heterocycles. The van der Waals surface area contributed by atoms with Crippen LogP contribution in [0.3, 0.4) is 0 Å². The zero-order valence-corrected chi connectivity index (χ0v) is 20.8. The molecule has 0 aliphatic heterocycles. The summed E-state index contributed by atoms with van der Waals surface area (Å²) < 4.78 is 17.1. The minimum absolute atomic E-state index is 0.0969. The minimum atomic E-state index is -0.0969. The zero-order chi connectivity index (χ0) is 23.0. The molecular formula is C27H41ClO3. The van der Waals surface area contributed by atoms with Crippen LogP contribution < -0.4 is 9.47 Å². The van der Waals surface area contributed by atoms with E-state index in [1.165, 1.54) is 17.5 Å². The molecule has 0 saturated heterocycles. The first-order valence-electron chi connectivity index (χ1n) is 11.7. The van der Waals surface area contributed by atoms with Crippen LogP contribution in [0.4, 0.5) is 0 Å². The Morgan fingerprint density at radius 2 is 1.13 bits per heavy atom. The second-order valence-corrected chi connectivity index (χ2v) is 8.11. The number of alkyl halides is 1. The monoisotopic (exact) mass is 448 g/mol. The molecule has 0 amide bonds. The fraction of sp³-hybridized carbons (Fsp3) is 0.556. The SMILES string of the molecule is CC.CCCCOCCCOc1ccc(C(C)(C)c2ccc(OCCCCl)cc2)cc1. The van der Waals surface area contributed by atoms with Gasteiger partial charge in [-0.1, -0.05) is 65.3 Å². The number of hydrogen-bond acceptors (Lipinski definition) is 3.